The Labute approximate surface area is 171 Å². The average Bonchev–Trinajstić information content (AvgIpc) is 2.64. The highest BCUT2D eigenvalue weighted by atomic mass is 16.7. The number of aliphatic hydroxyl groups excluding tert-OH is 5. The van der Waals surface area contributed by atoms with E-state index in [2.05, 4.69) is 6.58 Å². The lowest BCUT2D eigenvalue weighted by Gasteiger charge is -2.57. The topological polar surface area (TPSA) is 140 Å². The summed E-state index contributed by atoms with van der Waals surface area (Å²) in [4.78, 5) is 0. The predicted octanol–water partition coefficient (Wildman–Crippen LogP) is -0.314. The van der Waals surface area contributed by atoms with Gasteiger partial charge in [0.15, 0.2) is 6.29 Å². The molecule has 0 aromatic carbocycles. The van der Waals surface area contributed by atoms with Crippen molar-refractivity contribution >= 4 is 0 Å². The fourth-order valence-corrected chi connectivity index (χ4v) is 5.54. The van der Waals surface area contributed by atoms with E-state index in [1.807, 2.05) is 6.92 Å². The van der Waals surface area contributed by atoms with Crippen LogP contribution < -0.4 is 0 Å². The number of ether oxygens (including phenoxy) is 2. The van der Waals surface area contributed by atoms with Gasteiger partial charge in [0.05, 0.1) is 24.4 Å². The first-order valence-electron chi connectivity index (χ1n) is 10.5. The van der Waals surface area contributed by atoms with Gasteiger partial charge in [0.25, 0.3) is 0 Å². The molecule has 3 rings (SSSR count). The molecule has 0 bridgehead atoms. The van der Waals surface area contributed by atoms with E-state index >= 15 is 0 Å². The van der Waals surface area contributed by atoms with Crippen molar-refractivity contribution in [1.29, 1.82) is 0 Å². The summed E-state index contributed by atoms with van der Waals surface area (Å²) in [7, 11) is 0. The SMILES string of the molecule is C=C1CC[C@@H](O)[C@]2(C)CC[C@@H](C(C)(C)O)[C@@H](OC3OC(CO)C(O)C(O)C3O)C12. The van der Waals surface area contributed by atoms with Crippen molar-refractivity contribution in [2.75, 3.05) is 6.61 Å². The van der Waals surface area contributed by atoms with E-state index in [0.717, 1.165) is 5.57 Å². The third-order valence-electron chi connectivity index (χ3n) is 7.42. The maximum absolute atomic E-state index is 10.8. The minimum Gasteiger partial charge on any atom is -0.394 e. The molecule has 1 aliphatic heterocycles. The van der Waals surface area contributed by atoms with Crippen LogP contribution in [-0.2, 0) is 9.47 Å². The molecule has 29 heavy (non-hydrogen) atoms. The normalized spacial score (nSPS) is 49.0. The molecule has 1 heterocycles. The monoisotopic (exact) mass is 416 g/mol. The molecule has 1 saturated heterocycles. The number of rotatable bonds is 4. The molecular formula is C21H36O8. The molecule has 6 N–H and O–H groups in total. The summed E-state index contributed by atoms with van der Waals surface area (Å²) in [6.07, 6.45) is -5.53. The summed E-state index contributed by atoms with van der Waals surface area (Å²) in [5.41, 5.74) is -0.667. The van der Waals surface area contributed by atoms with E-state index < -0.39 is 60.5 Å². The largest absolute Gasteiger partial charge is 0.394 e. The summed E-state index contributed by atoms with van der Waals surface area (Å²) in [5, 5.41) is 61.6. The molecule has 8 heteroatoms. The van der Waals surface area contributed by atoms with Crippen LogP contribution >= 0.6 is 0 Å². The molecule has 0 aromatic heterocycles. The number of aliphatic hydroxyl groups is 6. The van der Waals surface area contributed by atoms with Crippen LogP contribution in [0.2, 0.25) is 0 Å². The van der Waals surface area contributed by atoms with Crippen LogP contribution in [0.15, 0.2) is 12.2 Å². The lowest BCUT2D eigenvalue weighted by atomic mass is 9.53. The first-order chi connectivity index (χ1) is 13.4. The van der Waals surface area contributed by atoms with E-state index in [9.17, 15) is 30.6 Å². The number of fused-ring (bicyclic) bond motifs is 1. The van der Waals surface area contributed by atoms with Crippen molar-refractivity contribution in [3.05, 3.63) is 12.2 Å². The Morgan fingerprint density at radius 2 is 1.79 bits per heavy atom. The van der Waals surface area contributed by atoms with Gasteiger partial charge in [0.2, 0.25) is 0 Å². The zero-order valence-electron chi connectivity index (χ0n) is 17.4. The van der Waals surface area contributed by atoms with Gasteiger partial charge in [-0.25, -0.2) is 0 Å². The van der Waals surface area contributed by atoms with Crippen molar-refractivity contribution in [3.63, 3.8) is 0 Å². The predicted molar refractivity (Wildman–Crippen MR) is 104 cm³/mol. The molecule has 0 spiro atoms. The summed E-state index contributed by atoms with van der Waals surface area (Å²) in [5.74, 6) is -0.598. The number of hydrogen-bond acceptors (Lipinski definition) is 8. The summed E-state index contributed by atoms with van der Waals surface area (Å²) in [6.45, 7) is 9.06. The second-order valence-corrected chi connectivity index (χ2v) is 9.79. The van der Waals surface area contributed by atoms with Crippen LogP contribution in [0.1, 0.15) is 46.5 Å². The van der Waals surface area contributed by atoms with E-state index in [4.69, 9.17) is 9.47 Å². The zero-order chi connectivity index (χ0) is 21.7. The molecule has 0 radical (unpaired) electrons. The van der Waals surface area contributed by atoms with Gasteiger partial charge in [-0.2, -0.15) is 0 Å². The van der Waals surface area contributed by atoms with Gasteiger partial charge in [-0.15, -0.1) is 0 Å². The maximum Gasteiger partial charge on any atom is 0.187 e. The molecule has 0 aromatic rings. The Morgan fingerprint density at radius 3 is 2.38 bits per heavy atom. The van der Waals surface area contributed by atoms with E-state index in [1.54, 1.807) is 13.8 Å². The smallest absolute Gasteiger partial charge is 0.187 e. The molecule has 2 aliphatic carbocycles. The van der Waals surface area contributed by atoms with Gasteiger partial charge in [-0.1, -0.05) is 19.1 Å². The van der Waals surface area contributed by atoms with Crippen molar-refractivity contribution in [1.82, 2.24) is 0 Å². The summed E-state index contributed by atoms with van der Waals surface area (Å²) in [6, 6.07) is 0. The second kappa shape index (κ2) is 8.16. The van der Waals surface area contributed by atoms with Crippen LogP contribution in [0.4, 0.5) is 0 Å². The van der Waals surface area contributed by atoms with E-state index in [0.29, 0.717) is 25.7 Å². The highest BCUT2D eigenvalue weighted by Crippen LogP contribution is 2.56. The van der Waals surface area contributed by atoms with Crippen LogP contribution in [-0.4, -0.2) is 85.8 Å². The van der Waals surface area contributed by atoms with Crippen LogP contribution in [0.3, 0.4) is 0 Å². The first kappa shape index (κ1) is 23.1. The Bertz CT molecular complexity index is 602. The molecule has 3 fully saturated rings. The van der Waals surface area contributed by atoms with Crippen LogP contribution in [0, 0.1) is 17.3 Å². The summed E-state index contributed by atoms with van der Waals surface area (Å²) >= 11 is 0. The van der Waals surface area contributed by atoms with Crippen LogP contribution in [0.25, 0.3) is 0 Å². The van der Waals surface area contributed by atoms with Crippen molar-refractivity contribution in [2.24, 2.45) is 17.3 Å². The minimum absolute atomic E-state index is 0.274. The van der Waals surface area contributed by atoms with Crippen molar-refractivity contribution in [3.8, 4) is 0 Å². The average molecular weight is 417 g/mol. The third-order valence-corrected chi connectivity index (χ3v) is 7.42. The fourth-order valence-electron chi connectivity index (χ4n) is 5.54. The van der Waals surface area contributed by atoms with Gasteiger partial charge < -0.3 is 40.1 Å². The van der Waals surface area contributed by atoms with Gasteiger partial charge in [-0.05, 0) is 39.5 Å². The molecule has 10 atom stereocenters. The number of hydrogen-bond donors (Lipinski definition) is 6. The lowest BCUT2D eigenvalue weighted by molar-refractivity contribution is -0.330. The molecule has 3 aliphatic rings. The van der Waals surface area contributed by atoms with Gasteiger partial charge in [0, 0.05) is 17.3 Å². The first-order valence-corrected chi connectivity index (χ1v) is 10.5. The highest BCUT2D eigenvalue weighted by Gasteiger charge is 2.57. The standard InChI is InChI=1S/C21H36O8/c1-10-5-6-13(23)21(4)8-7-11(20(2,3)27)18(14(10)21)29-19-17(26)16(25)15(24)12(9-22)28-19/h11-19,22-27H,1,5-9H2,2-4H3/t11-,12?,13-,14?,15?,16?,17?,18-,19?,21+/m1/s1. The Morgan fingerprint density at radius 1 is 1.14 bits per heavy atom. The maximum atomic E-state index is 10.8. The van der Waals surface area contributed by atoms with Crippen molar-refractivity contribution < 1.29 is 40.1 Å². The Balaban J connectivity index is 1.94. The molecular weight excluding hydrogens is 380 g/mol. The Kier molecular flexibility index (Phi) is 6.50. The second-order valence-electron chi connectivity index (χ2n) is 9.79. The van der Waals surface area contributed by atoms with Crippen LogP contribution in [0.5, 0.6) is 0 Å². The molecule has 0 amide bonds. The van der Waals surface area contributed by atoms with Crippen molar-refractivity contribution in [2.45, 2.75) is 95.0 Å². The highest BCUT2D eigenvalue weighted by molar-refractivity contribution is 5.19. The molecule has 2 saturated carbocycles. The van der Waals surface area contributed by atoms with E-state index in [1.165, 1.54) is 0 Å². The van der Waals surface area contributed by atoms with Gasteiger partial charge in [0.1, 0.15) is 24.4 Å². The quantitative estimate of drug-likeness (QED) is 0.343. The molecule has 168 valence electrons. The Hall–Kier alpha value is -0.580. The third kappa shape index (κ3) is 4.02. The lowest BCUT2D eigenvalue weighted by Crippen LogP contribution is -2.63. The van der Waals surface area contributed by atoms with Gasteiger partial charge >= 0.3 is 0 Å². The van der Waals surface area contributed by atoms with Gasteiger partial charge in [-0.3, -0.25) is 0 Å². The van der Waals surface area contributed by atoms with E-state index in [-0.39, 0.29) is 11.8 Å². The fraction of sp³-hybridized carbons (Fsp3) is 0.905. The molecule has 8 nitrogen and oxygen atoms in total. The minimum atomic E-state index is -1.54. The summed E-state index contributed by atoms with van der Waals surface area (Å²) < 4.78 is 11.8. The molecule has 6 unspecified atom stereocenters. The zero-order valence-corrected chi connectivity index (χ0v) is 17.4.